The molecule has 0 atom stereocenters. The molecule has 138 valence electrons. The third-order valence-corrected chi connectivity index (χ3v) is 5.48. The molecule has 3 aromatic rings. The highest BCUT2D eigenvalue weighted by atomic mass is 32.2. The molecule has 2 aromatic heterocycles. The first-order valence-electron chi connectivity index (χ1n) is 8.97. The van der Waals surface area contributed by atoms with Gasteiger partial charge in [0, 0.05) is 29.9 Å². The average Bonchev–Trinajstić information content (AvgIpc) is 3.29. The first-order valence-corrected chi connectivity index (χ1v) is 9.95. The standard InChI is InChI=1S/C20H21N5OS/c1-13(2)25-18-15(12-22-25)10-16(11-21-18)19(26)24-8-9-27-20(24)23-17-7-5-4-6-14(17)3/h4-7,10-13H,8-9H2,1-3H3. The van der Waals surface area contributed by atoms with E-state index in [4.69, 9.17) is 4.99 Å². The van der Waals surface area contributed by atoms with E-state index in [1.54, 1.807) is 29.1 Å². The number of hydrogen-bond donors (Lipinski definition) is 0. The number of carbonyl (C=O) groups excluding carboxylic acids is 1. The van der Waals surface area contributed by atoms with E-state index < -0.39 is 0 Å². The molecule has 1 amide bonds. The number of amidine groups is 1. The van der Waals surface area contributed by atoms with Crippen LogP contribution in [-0.2, 0) is 0 Å². The van der Waals surface area contributed by atoms with Gasteiger partial charge in [-0.15, -0.1) is 0 Å². The number of thioether (sulfide) groups is 1. The fourth-order valence-corrected chi connectivity index (χ4v) is 4.01. The number of amides is 1. The number of rotatable bonds is 3. The summed E-state index contributed by atoms with van der Waals surface area (Å²) in [5.41, 5.74) is 3.34. The molecule has 1 fully saturated rings. The SMILES string of the molecule is Cc1ccccc1N=C1SCCN1C(=O)c1cnc2c(cnn2C(C)C)c1. The Balaban J connectivity index is 1.65. The van der Waals surface area contributed by atoms with Gasteiger partial charge in [-0.1, -0.05) is 30.0 Å². The summed E-state index contributed by atoms with van der Waals surface area (Å²) in [6, 6.07) is 10.0. The fraction of sp³-hybridized carbons (Fsp3) is 0.300. The smallest absolute Gasteiger partial charge is 0.261 e. The van der Waals surface area contributed by atoms with Crippen molar-refractivity contribution in [2.45, 2.75) is 26.8 Å². The lowest BCUT2D eigenvalue weighted by Gasteiger charge is -2.16. The van der Waals surface area contributed by atoms with Gasteiger partial charge in [0.1, 0.15) is 0 Å². The molecule has 1 aliphatic heterocycles. The zero-order valence-electron chi connectivity index (χ0n) is 15.6. The van der Waals surface area contributed by atoms with Crippen LogP contribution in [0.25, 0.3) is 11.0 Å². The molecule has 3 heterocycles. The van der Waals surface area contributed by atoms with Gasteiger partial charge in [-0.3, -0.25) is 9.69 Å². The van der Waals surface area contributed by atoms with Gasteiger partial charge in [0.05, 0.1) is 17.4 Å². The molecule has 0 N–H and O–H groups in total. The van der Waals surface area contributed by atoms with E-state index in [0.717, 1.165) is 33.2 Å². The maximum atomic E-state index is 13.1. The minimum atomic E-state index is -0.0703. The lowest BCUT2D eigenvalue weighted by Crippen LogP contribution is -2.31. The quantitative estimate of drug-likeness (QED) is 0.684. The van der Waals surface area contributed by atoms with E-state index in [9.17, 15) is 4.79 Å². The minimum Gasteiger partial charge on any atom is -0.286 e. The Labute approximate surface area is 162 Å². The van der Waals surface area contributed by atoms with Crippen LogP contribution in [0.5, 0.6) is 0 Å². The predicted octanol–water partition coefficient (Wildman–Crippen LogP) is 4.20. The van der Waals surface area contributed by atoms with Crippen LogP contribution in [-0.4, -0.2) is 43.0 Å². The molecule has 1 aromatic carbocycles. The molecular weight excluding hydrogens is 358 g/mol. The molecule has 0 bridgehead atoms. The van der Waals surface area contributed by atoms with Gasteiger partial charge in [0.15, 0.2) is 10.8 Å². The average molecular weight is 379 g/mol. The van der Waals surface area contributed by atoms with Crippen LogP contribution < -0.4 is 0 Å². The number of nitrogens with zero attached hydrogens (tertiary/aromatic N) is 5. The highest BCUT2D eigenvalue weighted by molar-refractivity contribution is 8.14. The van der Waals surface area contributed by atoms with Gasteiger partial charge < -0.3 is 0 Å². The van der Waals surface area contributed by atoms with E-state index in [1.165, 1.54) is 0 Å². The summed E-state index contributed by atoms with van der Waals surface area (Å²) in [7, 11) is 0. The molecule has 27 heavy (non-hydrogen) atoms. The molecule has 0 saturated carbocycles. The van der Waals surface area contributed by atoms with E-state index in [-0.39, 0.29) is 11.9 Å². The molecule has 4 rings (SSSR count). The van der Waals surface area contributed by atoms with Crippen LogP contribution in [0.3, 0.4) is 0 Å². The number of benzene rings is 1. The van der Waals surface area contributed by atoms with Crippen molar-refractivity contribution in [2.75, 3.05) is 12.3 Å². The molecular formula is C20H21N5OS. The molecule has 0 radical (unpaired) electrons. The van der Waals surface area contributed by atoms with Crippen LogP contribution >= 0.6 is 11.8 Å². The first kappa shape index (κ1) is 17.7. The van der Waals surface area contributed by atoms with Crippen LogP contribution in [0.4, 0.5) is 5.69 Å². The van der Waals surface area contributed by atoms with E-state index in [2.05, 4.69) is 23.9 Å². The molecule has 0 aliphatic carbocycles. The molecule has 0 unspecified atom stereocenters. The maximum absolute atomic E-state index is 13.1. The number of fused-ring (bicyclic) bond motifs is 1. The second kappa shape index (κ2) is 7.15. The van der Waals surface area contributed by atoms with E-state index >= 15 is 0 Å². The summed E-state index contributed by atoms with van der Waals surface area (Å²) in [6.07, 6.45) is 3.40. The Morgan fingerprint density at radius 3 is 2.85 bits per heavy atom. The lowest BCUT2D eigenvalue weighted by molar-refractivity contribution is 0.0859. The second-order valence-electron chi connectivity index (χ2n) is 6.81. The maximum Gasteiger partial charge on any atom is 0.261 e. The third kappa shape index (κ3) is 3.35. The van der Waals surface area contributed by atoms with Crippen molar-refractivity contribution in [3.05, 3.63) is 53.9 Å². The van der Waals surface area contributed by atoms with Gasteiger partial charge in [-0.2, -0.15) is 5.10 Å². The van der Waals surface area contributed by atoms with Gasteiger partial charge >= 0.3 is 0 Å². The Morgan fingerprint density at radius 1 is 1.26 bits per heavy atom. The fourth-order valence-electron chi connectivity index (χ4n) is 3.07. The zero-order chi connectivity index (χ0) is 19.0. The lowest BCUT2D eigenvalue weighted by atomic mass is 10.2. The van der Waals surface area contributed by atoms with Crippen molar-refractivity contribution >= 4 is 39.6 Å². The van der Waals surface area contributed by atoms with Gasteiger partial charge in [-0.25, -0.2) is 14.7 Å². The Kier molecular flexibility index (Phi) is 4.70. The third-order valence-electron chi connectivity index (χ3n) is 4.52. The summed E-state index contributed by atoms with van der Waals surface area (Å²) in [5, 5.41) is 5.99. The molecule has 6 nitrogen and oxygen atoms in total. The highest BCUT2D eigenvalue weighted by Gasteiger charge is 2.27. The summed E-state index contributed by atoms with van der Waals surface area (Å²) in [5.74, 6) is 0.774. The molecule has 1 aliphatic rings. The van der Waals surface area contributed by atoms with Crippen LogP contribution in [0.2, 0.25) is 0 Å². The first-order chi connectivity index (χ1) is 13.0. The number of hydrogen-bond acceptors (Lipinski definition) is 5. The van der Waals surface area contributed by atoms with Crippen LogP contribution in [0.15, 0.2) is 47.7 Å². The Morgan fingerprint density at radius 2 is 2.07 bits per heavy atom. The summed E-state index contributed by atoms with van der Waals surface area (Å²) < 4.78 is 1.86. The van der Waals surface area contributed by atoms with Gasteiger partial charge in [0.25, 0.3) is 5.91 Å². The van der Waals surface area contributed by atoms with Crippen molar-refractivity contribution in [2.24, 2.45) is 4.99 Å². The number of pyridine rings is 1. The highest BCUT2D eigenvalue weighted by Crippen LogP contribution is 2.27. The zero-order valence-corrected chi connectivity index (χ0v) is 16.4. The number of para-hydroxylation sites is 1. The van der Waals surface area contributed by atoms with Crippen LogP contribution in [0.1, 0.15) is 35.8 Å². The number of aliphatic imine (C=N–C) groups is 1. The molecule has 0 spiro atoms. The van der Waals surface area contributed by atoms with Gasteiger partial charge in [0.2, 0.25) is 0 Å². The summed E-state index contributed by atoms with van der Waals surface area (Å²) in [4.78, 5) is 24.0. The summed E-state index contributed by atoms with van der Waals surface area (Å²) >= 11 is 1.61. The summed E-state index contributed by atoms with van der Waals surface area (Å²) in [6.45, 7) is 6.79. The minimum absolute atomic E-state index is 0.0703. The topological polar surface area (TPSA) is 63.4 Å². The van der Waals surface area contributed by atoms with Crippen molar-refractivity contribution in [3.8, 4) is 0 Å². The monoisotopic (exact) mass is 379 g/mol. The van der Waals surface area contributed by atoms with Crippen molar-refractivity contribution in [3.63, 3.8) is 0 Å². The predicted molar refractivity (Wildman–Crippen MR) is 110 cm³/mol. The van der Waals surface area contributed by atoms with Crippen molar-refractivity contribution < 1.29 is 4.79 Å². The number of aryl methyl sites for hydroxylation is 1. The number of aromatic nitrogens is 3. The second-order valence-corrected chi connectivity index (χ2v) is 7.87. The van der Waals surface area contributed by atoms with Crippen molar-refractivity contribution in [1.82, 2.24) is 19.7 Å². The molecule has 7 heteroatoms. The Hall–Kier alpha value is -2.67. The van der Waals surface area contributed by atoms with Gasteiger partial charge in [-0.05, 0) is 38.5 Å². The van der Waals surface area contributed by atoms with E-state index in [1.807, 2.05) is 41.9 Å². The van der Waals surface area contributed by atoms with Crippen molar-refractivity contribution in [1.29, 1.82) is 0 Å². The van der Waals surface area contributed by atoms with E-state index in [0.29, 0.717) is 12.1 Å². The largest absolute Gasteiger partial charge is 0.286 e. The molecule has 1 saturated heterocycles. The normalized spacial score (nSPS) is 16.0. The Bertz CT molecular complexity index is 1040. The number of carbonyl (C=O) groups is 1. The van der Waals surface area contributed by atoms with Crippen LogP contribution in [0, 0.1) is 6.92 Å².